The highest BCUT2D eigenvalue weighted by atomic mass is 16.7. The Morgan fingerprint density at radius 1 is 0.479 bits per heavy atom. The monoisotopic (exact) mass is 1020 g/mol. The number of hydrogen-bond donors (Lipinski definition) is 6. The molecule has 1 saturated heterocycles. The summed E-state index contributed by atoms with van der Waals surface area (Å²) in [6, 6.07) is -0.835. The molecule has 6 N–H and O–H groups in total. The van der Waals surface area contributed by atoms with E-state index in [9.17, 15) is 30.3 Å². The van der Waals surface area contributed by atoms with Gasteiger partial charge in [0.1, 0.15) is 24.4 Å². The molecule has 0 spiro atoms. The lowest BCUT2D eigenvalue weighted by molar-refractivity contribution is -0.302. The number of carbonyl (C=O) groups is 1. The van der Waals surface area contributed by atoms with Crippen molar-refractivity contribution in [2.45, 2.75) is 275 Å². The summed E-state index contributed by atoms with van der Waals surface area (Å²) < 4.78 is 11.2. The third kappa shape index (κ3) is 41.7. The fraction of sp³-hybridized carbons (Fsp3) is 0.703. The van der Waals surface area contributed by atoms with E-state index in [1.165, 1.54) is 122 Å². The van der Waals surface area contributed by atoms with Crippen LogP contribution in [0.25, 0.3) is 0 Å². The van der Waals surface area contributed by atoms with E-state index in [-0.39, 0.29) is 12.5 Å². The molecular weight excluding hydrogens is 911 g/mol. The zero-order valence-corrected chi connectivity index (χ0v) is 46.4. The summed E-state index contributed by atoms with van der Waals surface area (Å²) in [6.45, 7) is 3.63. The predicted octanol–water partition coefficient (Wildman–Crippen LogP) is 15.0. The fourth-order valence-corrected chi connectivity index (χ4v) is 8.66. The van der Waals surface area contributed by atoms with Gasteiger partial charge in [0.05, 0.1) is 25.4 Å². The molecule has 0 aromatic heterocycles. The quantitative estimate of drug-likeness (QED) is 0.0261. The molecule has 418 valence electrons. The van der Waals surface area contributed by atoms with Crippen molar-refractivity contribution in [2.24, 2.45) is 0 Å². The molecule has 9 heteroatoms. The number of amides is 1. The van der Waals surface area contributed by atoms with Gasteiger partial charge in [-0.15, -0.1) is 0 Å². The van der Waals surface area contributed by atoms with Crippen molar-refractivity contribution in [1.29, 1.82) is 0 Å². The fourth-order valence-electron chi connectivity index (χ4n) is 8.66. The topological polar surface area (TPSA) is 149 Å². The number of ether oxygens (including phenoxy) is 2. The summed E-state index contributed by atoms with van der Waals surface area (Å²) in [5, 5.41) is 54.5. The Labute approximate surface area is 446 Å². The molecule has 1 heterocycles. The molecular formula is C64H109NO8. The highest BCUT2D eigenvalue weighted by molar-refractivity contribution is 5.76. The molecule has 9 nitrogen and oxygen atoms in total. The Hall–Kier alpha value is -3.15. The normalized spacial score (nSPS) is 19.9. The van der Waals surface area contributed by atoms with Gasteiger partial charge < -0.3 is 40.3 Å². The zero-order valence-electron chi connectivity index (χ0n) is 46.4. The second-order valence-electron chi connectivity index (χ2n) is 20.0. The molecule has 73 heavy (non-hydrogen) atoms. The molecule has 1 fully saturated rings. The van der Waals surface area contributed by atoms with Crippen molar-refractivity contribution >= 4 is 5.91 Å². The summed E-state index contributed by atoms with van der Waals surface area (Å²) >= 11 is 0. The molecule has 0 bridgehead atoms. The molecule has 1 aliphatic rings. The number of nitrogens with one attached hydrogen (secondary N) is 1. The summed E-state index contributed by atoms with van der Waals surface area (Å²) in [7, 11) is 0. The largest absolute Gasteiger partial charge is 0.394 e. The second kappa shape index (κ2) is 52.3. The molecule has 1 amide bonds. The Bertz CT molecular complexity index is 1510. The maximum absolute atomic E-state index is 13.1. The number of unbranched alkanes of at least 4 members (excludes halogenated alkanes) is 23. The maximum atomic E-state index is 13.1. The van der Waals surface area contributed by atoms with Crippen LogP contribution in [0.15, 0.2) is 109 Å². The van der Waals surface area contributed by atoms with Crippen molar-refractivity contribution < 1.29 is 39.8 Å². The lowest BCUT2D eigenvalue weighted by Crippen LogP contribution is -2.60. The minimum absolute atomic E-state index is 0.195. The van der Waals surface area contributed by atoms with E-state index in [1.54, 1.807) is 6.08 Å². The highest BCUT2D eigenvalue weighted by Gasteiger charge is 2.44. The Kier molecular flexibility index (Phi) is 48.6. The van der Waals surface area contributed by atoms with Crippen molar-refractivity contribution in [3.8, 4) is 0 Å². The van der Waals surface area contributed by atoms with Crippen LogP contribution in [0.2, 0.25) is 0 Å². The molecule has 0 aromatic carbocycles. The summed E-state index contributed by atoms with van der Waals surface area (Å²) in [4.78, 5) is 13.1. The summed E-state index contributed by atoms with van der Waals surface area (Å²) in [5.41, 5.74) is 0. The molecule has 1 aliphatic heterocycles. The average molecular weight is 1020 g/mol. The first-order valence-electron chi connectivity index (χ1n) is 29.6. The Morgan fingerprint density at radius 2 is 0.863 bits per heavy atom. The van der Waals surface area contributed by atoms with Crippen molar-refractivity contribution in [3.05, 3.63) is 109 Å². The molecule has 7 atom stereocenters. The van der Waals surface area contributed by atoms with E-state index in [0.29, 0.717) is 6.42 Å². The van der Waals surface area contributed by atoms with Gasteiger partial charge in [0.25, 0.3) is 0 Å². The van der Waals surface area contributed by atoms with Gasteiger partial charge >= 0.3 is 0 Å². The molecule has 0 radical (unpaired) electrons. The van der Waals surface area contributed by atoms with Gasteiger partial charge in [0.2, 0.25) is 5.91 Å². The maximum Gasteiger partial charge on any atom is 0.220 e. The van der Waals surface area contributed by atoms with Crippen LogP contribution in [0, 0.1) is 0 Å². The minimum Gasteiger partial charge on any atom is -0.394 e. The van der Waals surface area contributed by atoms with E-state index in [4.69, 9.17) is 9.47 Å². The smallest absolute Gasteiger partial charge is 0.220 e. The third-order valence-corrected chi connectivity index (χ3v) is 13.3. The van der Waals surface area contributed by atoms with Gasteiger partial charge in [0.15, 0.2) is 6.29 Å². The van der Waals surface area contributed by atoms with Gasteiger partial charge in [-0.25, -0.2) is 0 Å². The number of aliphatic hydroxyl groups is 5. The number of allylic oxidation sites excluding steroid dienone is 17. The lowest BCUT2D eigenvalue weighted by atomic mass is 9.99. The van der Waals surface area contributed by atoms with Crippen LogP contribution < -0.4 is 5.32 Å². The van der Waals surface area contributed by atoms with Gasteiger partial charge in [-0.1, -0.05) is 239 Å². The second-order valence-corrected chi connectivity index (χ2v) is 20.0. The van der Waals surface area contributed by atoms with Crippen LogP contribution in [0.3, 0.4) is 0 Å². The standard InChI is InChI=1S/C64H109NO8/c1-3-5-7-9-11-13-15-17-19-21-22-23-24-25-26-27-28-29-30-31-32-33-34-35-36-38-40-42-44-46-48-50-52-54-60(68)65-57(56-72-64-63(71)62(70)61(69)59(55-66)73-64)58(67)53-51-49-47-45-43-41-39-37-20-18-16-14-12-10-8-6-4-2/h5,7,11,13,17,19-20,22-23,25-26,28-29,37,43,45,51,53,57-59,61-64,66-67,69-71H,3-4,6,8-10,12,14-16,18,21,24,27,30-36,38-42,44,46-50,52,54-56H2,1-2H3,(H,65,68)/b7-5-,13-11-,19-17-,23-22-,26-25-,29-28-,37-20+,45-43+,53-51+. The van der Waals surface area contributed by atoms with Gasteiger partial charge in [-0.3, -0.25) is 4.79 Å². The van der Waals surface area contributed by atoms with Crippen molar-refractivity contribution in [1.82, 2.24) is 5.32 Å². The lowest BCUT2D eigenvalue weighted by Gasteiger charge is -2.40. The highest BCUT2D eigenvalue weighted by Crippen LogP contribution is 2.23. The number of hydrogen-bond acceptors (Lipinski definition) is 8. The van der Waals surface area contributed by atoms with E-state index in [2.05, 4.69) is 116 Å². The summed E-state index contributed by atoms with van der Waals surface area (Å²) in [5.74, 6) is -0.195. The number of carbonyl (C=O) groups excluding carboxylic acids is 1. The zero-order chi connectivity index (χ0) is 52.9. The van der Waals surface area contributed by atoms with Crippen LogP contribution >= 0.6 is 0 Å². The minimum atomic E-state index is -1.58. The SMILES string of the molecule is CC/C=C\C/C=C\C/C=C\C/C=C\C/C=C\C/C=C\CCCCCCCCCCCCCCCCC(=O)NC(COC1OC(CO)C(O)C(O)C1O)C(O)/C=C/CC/C=C/CC/C=C/CCCCCCCCC. The van der Waals surface area contributed by atoms with Gasteiger partial charge in [-0.2, -0.15) is 0 Å². The van der Waals surface area contributed by atoms with E-state index < -0.39 is 49.5 Å². The average Bonchev–Trinajstić information content (AvgIpc) is 3.39. The van der Waals surface area contributed by atoms with Crippen LogP contribution in [0.1, 0.15) is 232 Å². The Balaban J connectivity index is 2.20. The van der Waals surface area contributed by atoms with E-state index in [1.807, 2.05) is 6.08 Å². The summed E-state index contributed by atoms with van der Waals surface area (Å²) in [6.07, 6.45) is 70.1. The van der Waals surface area contributed by atoms with Crippen LogP contribution in [-0.4, -0.2) is 87.5 Å². The predicted molar refractivity (Wildman–Crippen MR) is 308 cm³/mol. The third-order valence-electron chi connectivity index (χ3n) is 13.3. The van der Waals surface area contributed by atoms with Gasteiger partial charge in [0, 0.05) is 6.42 Å². The van der Waals surface area contributed by atoms with Crippen LogP contribution in [-0.2, 0) is 14.3 Å². The van der Waals surface area contributed by atoms with Gasteiger partial charge in [-0.05, 0) is 96.3 Å². The van der Waals surface area contributed by atoms with E-state index >= 15 is 0 Å². The molecule has 0 aromatic rings. The van der Waals surface area contributed by atoms with Crippen molar-refractivity contribution in [2.75, 3.05) is 13.2 Å². The van der Waals surface area contributed by atoms with E-state index in [0.717, 1.165) is 89.9 Å². The number of rotatable bonds is 49. The molecule has 0 aliphatic carbocycles. The molecule has 7 unspecified atom stereocenters. The first kappa shape index (κ1) is 67.9. The first-order valence-corrected chi connectivity index (χ1v) is 29.6. The van der Waals surface area contributed by atoms with Crippen LogP contribution in [0.4, 0.5) is 0 Å². The first-order chi connectivity index (χ1) is 35.8. The molecule has 0 saturated carbocycles. The van der Waals surface area contributed by atoms with Crippen molar-refractivity contribution in [3.63, 3.8) is 0 Å². The Morgan fingerprint density at radius 3 is 1.32 bits per heavy atom. The molecule has 1 rings (SSSR count). The van der Waals surface area contributed by atoms with Crippen LogP contribution in [0.5, 0.6) is 0 Å². The number of aliphatic hydroxyl groups excluding tert-OH is 5.